The van der Waals surface area contributed by atoms with Crippen molar-refractivity contribution in [2.24, 2.45) is 0 Å². The number of carbonyl (C=O) groups is 3. The molecule has 1 aliphatic heterocycles. The number of ether oxygens (including phenoxy) is 2. The van der Waals surface area contributed by atoms with E-state index in [-0.39, 0.29) is 18.0 Å². The van der Waals surface area contributed by atoms with E-state index in [9.17, 15) is 14.4 Å². The number of carbonyl (C=O) groups excluding carboxylic acids is 3. The number of anilines is 1. The Morgan fingerprint density at radius 1 is 1.33 bits per heavy atom. The van der Waals surface area contributed by atoms with Gasteiger partial charge in [0.25, 0.3) is 0 Å². The summed E-state index contributed by atoms with van der Waals surface area (Å²) >= 11 is 1.21. The summed E-state index contributed by atoms with van der Waals surface area (Å²) in [7, 11) is 3.05. The van der Waals surface area contributed by atoms with Crippen LogP contribution in [0.2, 0.25) is 0 Å². The molecule has 0 fully saturated rings. The van der Waals surface area contributed by atoms with Gasteiger partial charge < -0.3 is 24.6 Å². The fraction of sp³-hybridized carbons (Fsp3) is 0.381. The number of nitrogens with one attached hydrogen (secondary N) is 1. The third-order valence-corrected chi connectivity index (χ3v) is 5.97. The average molecular weight is 432 g/mol. The quantitative estimate of drug-likeness (QED) is 0.749. The van der Waals surface area contributed by atoms with Crippen molar-refractivity contribution in [1.29, 1.82) is 0 Å². The molecular formula is C21H25N3O5S. The minimum absolute atomic E-state index is 0.0209. The van der Waals surface area contributed by atoms with Gasteiger partial charge >= 0.3 is 12.0 Å². The summed E-state index contributed by atoms with van der Waals surface area (Å²) in [5.41, 5.74) is 2.25. The molecule has 9 heteroatoms. The molecule has 3 amide bonds. The van der Waals surface area contributed by atoms with E-state index in [2.05, 4.69) is 5.32 Å². The van der Waals surface area contributed by atoms with Crippen LogP contribution in [0.25, 0.3) is 0 Å². The summed E-state index contributed by atoms with van der Waals surface area (Å²) in [6.07, 6.45) is 0. The monoisotopic (exact) mass is 431 g/mol. The third kappa shape index (κ3) is 4.56. The maximum Gasteiger partial charge on any atom is 0.350 e. The van der Waals surface area contributed by atoms with Gasteiger partial charge in [-0.3, -0.25) is 4.79 Å². The molecule has 1 aliphatic rings. The number of rotatable bonds is 4. The molecule has 0 saturated carbocycles. The smallest absolute Gasteiger partial charge is 0.350 e. The first kappa shape index (κ1) is 21.6. The van der Waals surface area contributed by atoms with Crippen molar-refractivity contribution in [3.05, 3.63) is 45.6 Å². The maximum atomic E-state index is 13.0. The van der Waals surface area contributed by atoms with Crippen LogP contribution < -0.4 is 10.1 Å². The molecule has 1 N–H and O–H groups in total. The van der Waals surface area contributed by atoms with Crippen LogP contribution in [-0.4, -0.2) is 55.0 Å². The van der Waals surface area contributed by atoms with E-state index in [1.165, 1.54) is 25.4 Å². The van der Waals surface area contributed by atoms with Crippen molar-refractivity contribution in [3.63, 3.8) is 0 Å². The molecule has 0 unspecified atom stereocenters. The fourth-order valence-corrected chi connectivity index (χ4v) is 4.04. The number of methoxy groups -OCH3 is 1. The number of fused-ring (bicyclic) bond motifs is 1. The second-order valence-corrected chi connectivity index (χ2v) is 7.97. The van der Waals surface area contributed by atoms with Crippen molar-refractivity contribution >= 4 is 34.9 Å². The number of hydrogen-bond acceptors (Lipinski definition) is 6. The van der Waals surface area contributed by atoms with Crippen LogP contribution in [0.4, 0.5) is 10.5 Å². The van der Waals surface area contributed by atoms with Crippen molar-refractivity contribution in [2.45, 2.75) is 26.4 Å². The first-order valence-corrected chi connectivity index (χ1v) is 10.4. The van der Waals surface area contributed by atoms with Crippen LogP contribution in [0.15, 0.2) is 29.6 Å². The van der Waals surface area contributed by atoms with Crippen LogP contribution in [0.1, 0.15) is 40.7 Å². The van der Waals surface area contributed by atoms with Crippen molar-refractivity contribution in [1.82, 2.24) is 9.80 Å². The molecular weight excluding hydrogens is 406 g/mol. The van der Waals surface area contributed by atoms with E-state index >= 15 is 0 Å². The molecule has 0 radical (unpaired) electrons. The number of esters is 1. The summed E-state index contributed by atoms with van der Waals surface area (Å²) in [4.78, 5) is 40.1. The molecule has 3 rings (SSSR count). The number of hydrogen-bond donors (Lipinski definition) is 1. The minimum atomic E-state index is -0.489. The standard InChI is InChI=1S/C21H25N3O5S/c1-13-16-11-15(12-23(3)14(2)25)5-6-18(16)29-9-8-24(13)21(27)22-17-7-10-30-19(17)20(26)28-4/h5-7,10-11,13H,8-9,12H2,1-4H3,(H,22,27)/t13-/m1/s1. The van der Waals surface area contributed by atoms with Gasteiger partial charge in [-0.1, -0.05) is 6.07 Å². The minimum Gasteiger partial charge on any atom is -0.491 e. The summed E-state index contributed by atoms with van der Waals surface area (Å²) in [5, 5.41) is 4.54. The highest BCUT2D eigenvalue weighted by Crippen LogP contribution is 2.34. The Balaban J connectivity index is 1.81. The lowest BCUT2D eigenvalue weighted by Crippen LogP contribution is -2.38. The number of nitrogens with zero attached hydrogens (tertiary/aromatic N) is 2. The Kier molecular flexibility index (Phi) is 6.61. The normalized spacial score (nSPS) is 15.5. The molecule has 2 aromatic rings. The van der Waals surface area contributed by atoms with E-state index in [1.54, 1.807) is 28.3 Å². The van der Waals surface area contributed by atoms with Crippen molar-refractivity contribution < 1.29 is 23.9 Å². The highest BCUT2D eigenvalue weighted by atomic mass is 32.1. The number of benzene rings is 1. The second-order valence-electron chi connectivity index (χ2n) is 7.05. The Bertz CT molecular complexity index is 958. The van der Waals surface area contributed by atoms with Gasteiger partial charge in [-0.25, -0.2) is 9.59 Å². The van der Waals surface area contributed by atoms with E-state index < -0.39 is 5.97 Å². The summed E-state index contributed by atoms with van der Waals surface area (Å²) in [6.45, 7) is 4.67. The first-order chi connectivity index (χ1) is 14.3. The van der Waals surface area contributed by atoms with E-state index in [1.807, 2.05) is 25.1 Å². The van der Waals surface area contributed by atoms with E-state index in [4.69, 9.17) is 9.47 Å². The van der Waals surface area contributed by atoms with Gasteiger partial charge in [0.1, 0.15) is 17.2 Å². The van der Waals surface area contributed by atoms with Gasteiger partial charge in [-0.05, 0) is 36.1 Å². The third-order valence-electron chi connectivity index (χ3n) is 5.08. The molecule has 1 aromatic carbocycles. The Morgan fingerprint density at radius 2 is 2.10 bits per heavy atom. The number of thiophene rings is 1. The molecule has 0 bridgehead atoms. The maximum absolute atomic E-state index is 13.0. The Labute approximate surface area is 179 Å². The Hall–Kier alpha value is -3.07. The van der Waals surface area contributed by atoms with E-state index in [0.717, 1.165) is 16.9 Å². The van der Waals surface area contributed by atoms with Crippen LogP contribution in [-0.2, 0) is 16.1 Å². The lowest BCUT2D eigenvalue weighted by atomic mass is 10.0. The van der Waals surface area contributed by atoms with Gasteiger partial charge in [0, 0.05) is 26.1 Å². The lowest BCUT2D eigenvalue weighted by Gasteiger charge is -2.27. The SMILES string of the molecule is COC(=O)c1sccc1NC(=O)N1CCOc2ccc(CN(C)C(C)=O)cc2[C@H]1C. The predicted octanol–water partition coefficient (Wildman–Crippen LogP) is 3.50. The zero-order valence-corrected chi connectivity index (χ0v) is 18.2. The molecule has 0 spiro atoms. The lowest BCUT2D eigenvalue weighted by molar-refractivity contribution is -0.128. The van der Waals surface area contributed by atoms with Crippen LogP contribution in [0, 0.1) is 0 Å². The Morgan fingerprint density at radius 3 is 2.80 bits per heavy atom. The number of amides is 3. The van der Waals surface area contributed by atoms with Gasteiger partial charge in [0.2, 0.25) is 5.91 Å². The highest BCUT2D eigenvalue weighted by molar-refractivity contribution is 7.12. The molecule has 1 aromatic heterocycles. The van der Waals surface area contributed by atoms with Crippen LogP contribution in [0.3, 0.4) is 0 Å². The van der Waals surface area contributed by atoms with Gasteiger partial charge in [-0.2, -0.15) is 0 Å². The van der Waals surface area contributed by atoms with Gasteiger partial charge in [0.15, 0.2) is 0 Å². The summed E-state index contributed by atoms with van der Waals surface area (Å²) < 4.78 is 10.6. The number of urea groups is 1. The zero-order chi connectivity index (χ0) is 21.8. The zero-order valence-electron chi connectivity index (χ0n) is 17.4. The molecule has 2 heterocycles. The highest BCUT2D eigenvalue weighted by Gasteiger charge is 2.28. The second kappa shape index (κ2) is 9.17. The molecule has 30 heavy (non-hydrogen) atoms. The summed E-state index contributed by atoms with van der Waals surface area (Å²) in [5.74, 6) is 0.211. The summed E-state index contributed by atoms with van der Waals surface area (Å²) in [6, 6.07) is 6.87. The first-order valence-electron chi connectivity index (χ1n) is 9.52. The van der Waals surface area contributed by atoms with Gasteiger partial charge in [0.05, 0.1) is 25.4 Å². The van der Waals surface area contributed by atoms with Crippen LogP contribution in [0.5, 0.6) is 5.75 Å². The van der Waals surface area contributed by atoms with Crippen molar-refractivity contribution in [3.8, 4) is 5.75 Å². The van der Waals surface area contributed by atoms with E-state index in [0.29, 0.717) is 30.3 Å². The molecule has 0 saturated heterocycles. The molecule has 160 valence electrons. The van der Waals surface area contributed by atoms with Gasteiger partial charge in [-0.15, -0.1) is 11.3 Å². The largest absolute Gasteiger partial charge is 0.491 e. The molecule has 0 aliphatic carbocycles. The topological polar surface area (TPSA) is 88.2 Å². The van der Waals surface area contributed by atoms with Crippen molar-refractivity contribution in [2.75, 3.05) is 32.6 Å². The van der Waals surface area contributed by atoms with Crippen LogP contribution >= 0.6 is 11.3 Å². The molecule has 1 atom stereocenters. The predicted molar refractivity (Wildman–Crippen MR) is 114 cm³/mol. The average Bonchev–Trinajstić information content (AvgIpc) is 3.11. The fourth-order valence-electron chi connectivity index (χ4n) is 3.28. The molecule has 8 nitrogen and oxygen atoms in total.